The molecule has 1 heterocycles. The molecule has 6 fully saturated rings. The number of hydrogen-bond acceptors (Lipinski definition) is 4. The highest BCUT2D eigenvalue weighted by atomic mass is 16.5. The van der Waals surface area contributed by atoms with E-state index in [9.17, 15) is 9.90 Å². The van der Waals surface area contributed by atoms with Crippen molar-refractivity contribution in [3.63, 3.8) is 0 Å². The molecule has 0 radical (unpaired) electrons. The van der Waals surface area contributed by atoms with E-state index in [1.54, 1.807) is 6.92 Å². The second-order valence-electron chi connectivity index (χ2n) is 16.4. The highest BCUT2D eigenvalue weighted by molar-refractivity contribution is 5.66. The Kier molecular flexibility index (Phi) is 5.21. The van der Waals surface area contributed by atoms with E-state index in [0.717, 1.165) is 38.7 Å². The van der Waals surface area contributed by atoms with Crippen LogP contribution >= 0.6 is 0 Å². The van der Waals surface area contributed by atoms with Gasteiger partial charge in [-0.2, -0.15) is 0 Å². The van der Waals surface area contributed by atoms with Crippen LogP contribution in [0.4, 0.5) is 0 Å². The number of esters is 1. The molecule has 5 saturated carbocycles. The number of carbonyl (C=O) groups is 1. The Morgan fingerprint density at radius 2 is 1.53 bits per heavy atom. The van der Waals surface area contributed by atoms with Gasteiger partial charge < -0.3 is 14.6 Å². The highest BCUT2D eigenvalue weighted by Gasteiger charge is 2.79. The summed E-state index contributed by atoms with van der Waals surface area (Å²) in [6.07, 6.45) is 11.0. The van der Waals surface area contributed by atoms with Crippen molar-refractivity contribution >= 4 is 5.97 Å². The summed E-state index contributed by atoms with van der Waals surface area (Å²) in [6, 6.07) is 0. The van der Waals surface area contributed by atoms with Gasteiger partial charge in [-0.15, -0.1) is 0 Å². The van der Waals surface area contributed by atoms with E-state index < -0.39 is 0 Å². The predicted molar refractivity (Wildman–Crippen MR) is 141 cm³/mol. The summed E-state index contributed by atoms with van der Waals surface area (Å²) in [6.45, 7) is 19.7. The fraction of sp³-hybridized carbons (Fsp3) is 0.969. The van der Waals surface area contributed by atoms with Crippen molar-refractivity contribution < 1.29 is 19.4 Å². The third-order valence-electron chi connectivity index (χ3n) is 14.4. The second-order valence-corrected chi connectivity index (χ2v) is 16.4. The van der Waals surface area contributed by atoms with Gasteiger partial charge in [0.2, 0.25) is 0 Å². The van der Waals surface area contributed by atoms with Gasteiger partial charge in [-0.05, 0) is 98.2 Å². The van der Waals surface area contributed by atoms with Crippen molar-refractivity contribution in [1.29, 1.82) is 0 Å². The quantitative estimate of drug-likeness (QED) is 0.397. The summed E-state index contributed by atoms with van der Waals surface area (Å²) in [5.41, 5.74) is 0.529. The Morgan fingerprint density at radius 3 is 2.22 bits per heavy atom. The molecule has 204 valence electrons. The predicted octanol–water partition coefficient (Wildman–Crippen LogP) is 6.92. The highest BCUT2D eigenvalue weighted by Crippen LogP contribution is 2.80. The molecular weight excluding hydrogens is 448 g/mol. The van der Waals surface area contributed by atoms with E-state index >= 15 is 0 Å². The number of aliphatic hydroxyl groups excluding tert-OH is 1. The molecule has 1 aliphatic heterocycles. The van der Waals surface area contributed by atoms with Gasteiger partial charge in [0.1, 0.15) is 6.10 Å². The van der Waals surface area contributed by atoms with Crippen molar-refractivity contribution in [2.75, 3.05) is 6.61 Å². The lowest BCUT2D eigenvalue weighted by atomic mass is 9.30. The van der Waals surface area contributed by atoms with Crippen LogP contribution in [-0.4, -0.2) is 35.5 Å². The summed E-state index contributed by atoms with van der Waals surface area (Å²) >= 11 is 0. The Morgan fingerprint density at radius 1 is 0.833 bits per heavy atom. The summed E-state index contributed by atoms with van der Waals surface area (Å²) in [4.78, 5) is 11.9. The molecule has 1 spiro atoms. The molecule has 10 unspecified atom stereocenters. The van der Waals surface area contributed by atoms with Crippen LogP contribution in [0.15, 0.2) is 0 Å². The molecule has 1 saturated heterocycles. The lowest BCUT2D eigenvalue weighted by Crippen LogP contribution is -2.73. The van der Waals surface area contributed by atoms with E-state index in [1.807, 2.05) is 0 Å². The van der Waals surface area contributed by atoms with E-state index in [1.165, 1.54) is 32.1 Å². The van der Waals surface area contributed by atoms with Gasteiger partial charge in [-0.3, -0.25) is 4.79 Å². The number of aliphatic hydroxyl groups is 1. The van der Waals surface area contributed by atoms with Gasteiger partial charge in [0.05, 0.1) is 18.3 Å². The van der Waals surface area contributed by atoms with Crippen LogP contribution in [0, 0.1) is 50.2 Å². The first kappa shape index (κ1) is 25.7. The Hall–Kier alpha value is -0.610. The molecular formula is C32H52O4. The van der Waals surface area contributed by atoms with Gasteiger partial charge in [0, 0.05) is 23.2 Å². The Balaban J connectivity index is 1.40. The second kappa shape index (κ2) is 7.32. The van der Waals surface area contributed by atoms with Crippen LogP contribution in [0.5, 0.6) is 0 Å². The maximum Gasteiger partial charge on any atom is 0.302 e. The SMILES string of the molecule is CC(=O)OC1CCC2(C)C(CCC3(C)C2CCC24OCC5(CCC(C)(C)CC52)C(O)CC34C)C1(C)C. The molecule has 0 aromatic rings. The molecule has 4 nitrogen and oxygen atoms in total. The molecule has 0 aromatic heterocycles. The van der Waals surface area contributed by atoms with E-state index in [4.69, 9.17) is 9.47 Å². The fourth-order valence-electron chi connectivity index (χ4n) is 12.4. The van der Waals surface area contributed by atoms with Crippen molar-refractivity contribution in [3.05, 3.63) is 0 Å². The molecule has 4 heteroatoms. The smallest absolute Gasteiger partial charge is 0.302 e. The zero-order valence-electron chi connectivity index (χ0n) is 24.3. The number of ether oxygens (including phenoxy) is 2. The summed E-state index contributed by atoms with van der Waals surface area (Å²) in [5.74, 6) is 1.49. The maximum atomic E-state index is 11.9. The molecule has 1 N–H and O–H groups in total. The Bertz CT molecular complexity index is 956. The van der Waals surface area contributed by atoms with E-state index in [0.29, 0.717) is 23.2 Å². The zero-order chi connectivity index (χ0) is 26.2. The third kappa shape index (κ3) is 2.82. The average Bonchev–Trinajstić information content (AvgIpc) is 3.03. The van der Waals surface area contributed by atoms with Crippen molar-refractivity contribution in [1.82, 2.24) is 0 Å². The van der Waals surface area contributed by atoms with E-state index in [-0.39, 0.29) is 50.9 Å². The zero-order valence-corrected chi connectivity index (χ0v) is 24.3. The molecule has 2 bridgehead atoms. The van der Waals surface area contributed by atoms with Gasteiger partial charge >= 0.3 is 5.97 Å². The number of fused-ring (bicyclic) bond motifs is 4. The molecule has 5 aliphatic carbocycles. The number of hydrogen-bond donors (Lipinski definition) is 1. The van der Waals surface area contributed by atoms with Crippen molar-refractivity contribution in [2.24, 2.45) is 50.2 Å². The minimum Gasteiger partial charge on any atom is -0.462 e. The van der Waals surface area contributed by atoms with Crippen LogP contribution in [0.1, 0.15) is 120 Å². The molecule has 36 heavy (non-hydrogen) atoms. The Labute approximate surface area is 219 Å². The normalized spacial score (nSPS) is 56.5. The van der Waals surface area contributed by atoms with Crippen LogP contribution in [0.2, 0.25) is 0 Å². The van der Waals surface area contributed by atoms with Crippen LogP contribution < -0.4 is 0 Å². The lowest BCUT2D eigenvalue weighted by molar-refractivity contribution is -0.298. The van der Waals surface area contributed by atoms with Crippen molar-refractivity contribution in [3.8, 4) is 0 Å². The standard InChI is InChI=1S/C32H52O4/c1-20(33)36-25-11-12-28(6)21(27(25,4)5)9-13-29(7)22(28)10-14-32-23-17-26(2,3)15-16-31(23,19-35-32)24(34)18-30(29,32)8/h21-25,34H,9-19H2,1-8H3. The van der Waals surface area contributed by atoms with Crippen LogP contribution in [0.25, 0.3) is 0 Å². The molecule has 10 atom stereocenters. The van der Waals surface area contributed by atoms with Gasteiger partial charge in [-0.25, -0.2) is 0 Å². The summed E-state index contributed by atoms with van der Waals surface area (Å²) in [5, 5.41) is 11.9. The lowest BCUT2D eigenvalue weighted by Gasteiger charge is -2.75. The first-order chi connectivity index (χ1) is 16.6. The third-order valence-corrected chi connectivity index (χ3v) is 14.4. The minimum atomic E-state index is -0.253. The summed E-state index contributed by atoms with van der Waals surface area (Å²) in [7, 11) is 0. The van der Waals surface area contributed by atoms with Crippen molar-refractivity contribution in [2.45, 2.75) is 137 Å². The van der Waals surface area contributed by atoms with Gasteiger partial charge in [0.15, 0.2) is 0 Å². The fourth-order valence-corrected chi connectivity index (χ4v) is 12.4. The number of rotatable bonds is 1. The molecule has 0 aromatic carbocycles. The van der Waals surface area contributed by atoms with Gasteiger partial charge in [0.25, 0.3) is 0 Å². The first-order valence-electron chi connectivity index (χ1n) is 15.1. The number of carbonyl (C=O) groups excluding carboxylic acids is 1. The van der Waals surface area contributed by atoms with Crippen LogP contribution in [-0.2, 0) is 14.3 Å². The molecule has 6 aliphatic rings. The molecule has 6 rings (SSSR count). The average molecular weight is 501 g/mol. The maximum absolute atomic E-state index is 11.9. The largest absolute Gasteiger partial charge is 0.462 e. The van der Waals surface area contributed by atoms with E-state index in [2.05, 4.69) is 48.5 Å². The first-order valence-corrected chi connectivity index (χ1v) is 15.1. The van der Waals surface area contributed by atoms with Crippen LogP contribution in [0.3, 0.4) is 0 Å². The summed E-state index contributed by atoms with van der Waals surface area (Å²) < 4.78 is 13.0. The molecule has 0 amide bonds. The topological polar surface area (TPSA) is 55.8 Å². The monoisotopic (exact) mass is 500 g/mol. The van der Waals surface area contributed by atoms with Gasteiger partial charge in [-0.1, -0.05) is 48.5 Å². The minimum absolute atomic E-state index is 0.0164.